The summed E-state index contributed by atoms with van der Waals surface area (Å²) in [5, 5.41) is 3.35. The molecule has 24 heavy (non-hydrogen) atoms. The second-order valence-electron chi connectivity index (χ2n) is 5.47. The van der Waals surface area contributed by atoms with Crippen molar-refractivity contribution >= 4 is 17.5 Å². The molecule has 0 radical (unpaired) electrons. The average molecular weight is 348 g/mol. The predicted molar refractivity (Wildman–Crippen MR) is 91.3 cm³/mol. The Morgan fingerprint density at radius 1 is 1.25 bits per heavy atom. The number of hydrogen-bond acceptors (Lipinski definition) is 4. The molecule has 0 bridgehead atoms. The van der Waals surface area contributed by atoms with Crippen molar-refractivity contribution in [3.05, 3.63) is 52.0 Å². The summed E-state index contributed by atoms with van der Waals surface area (Å²) in [5.41, 5.74) is 2.37. The van der Waals surface area contributed by atoms with Crippen molar-refractivity contribution in [1.29, 1.82) is 0 Å². The first kappa shape index (κ1) is 16.5. The quantitative estimate of drug-likeness (QED) is 0.921. The van der Waals surface area contributed by atoms with Gasteiger partial charge in [-0.3, -0.25) is 4.79 Å². The Balaban J connectivity index is 1.71. The summed E-state index contributed by atoms with van der Waals surface area (Å²) in [5.74, 6) is 1.67. The van der Waals surface area contributed by atoms with Gasteiger partial charge < -0.3 is 19.5 Å². The van der Waals surface area contributed by atoms with Crippen LogP contribution in [0.2, 0.25) is 5.02 Å². The van der Waals surface area contributed by atoms with Crippen LogP contribution < -0.4 is 19.5 Å². The highest BCUT2D eigenvalue weighted by molar-refractivity contribution is 6.32. The number of ether oxygens (including phenoxy) is 3. The number of benzene rings is 2. The molecule has 2 aromatic carbocycles. The lowest BCUT2D eigenvalue weighted by atomic mass is 10.1. The van der Waals surface area contributed by atoms with Crippen LogP contribution in [0.5, 0.6) is 17.2 Å². The number of methoxy groups -OCH3 is 1. The fourth-order valence-electron chi connectivity index (χ4n) is 2.51. The van der Waals surface area contributed by atoms with E-state index in [0.29, 0.717) is 47.6 Å². The summed E-state index contributed by atoms with van der Waals surface area (Å²) < 4.78 is 16.3. The van der Waals surface area contributed by atoms with Crippen molar-refractivity contribution in [3.8, 4) is 17.2 Å². The van der Waals surface area contributed by atoms with Gasteiger partial charge in [0, 0.05) is 12.1 Å². The van der Waals surface area contributed by atoms with Crippen molar-refractivity contribution in [2.75, 3.05) is 20.3 Å². The van der Waals surface area contributed by atoms with E-state index < -0.39 is 0 Å². The summed E-state index contributed by atoms with van der Waals surface area (Å²) in [4.78, 5) is 12.3. The van der Waals surface area contributed by atoms with Crippen molar-refractivity contribution in [1.82, 2.24) is 5.32 Å². The van der Waals surface area contributed by atoms with Gasteiger partial charge in [-0.1, -0.05) is 17.7 Å². The molecular weight excluding hydrogens is 330 g/mol. The minimum absolute atomic E-state index is 0.181. The maximum Gasteiger partial charge on any atom is 0.251 e. The minimum Gasteiger partial charge on any atom is -0.496 e. The Morgan fingerprint density at radius 3 is 2.83 bits per heavy atom. The molecule has 0 atom stereocenters. The Labute approximate surface area is 145 Å². The molecule has 1 N–H and O–H groups in total. The molecule has 1 aliphatic rings. The zero-order chi connectivity index (χ0) is 17.1. The SMILES string of the molecule is COc1cc(C(=O)NCc2cc(Cl)c3c(c2)OCCO3)ccc1C. The molecule has 0 saturated heterocycles. The second-order valence-corrected chi connectivity index (χ2v) is 5.88. The maximum atomic E-state index is 12.3. The fourth-order valence-corrected chi connectivity index (χ4v) is 2.80. The summed E-state index contributed by atoms with van der Waals surface area (Å²) in [6, 6.07) is 8.95. The van der Waals surface area contributed by atoms with Crippen LogP contribution in [0, 0.1) is 6.92 Å². The zero-order valence-electron chi connectivity index (χ0n) is 13.5. The number of aryl methyl sites for hydroxylation is 1. The van der Waals surface area contributed by atoms with E-state index in [9.17, 15) is 4.79 Å². The summed E-state index contributed by atoms with van der Waals surface area (Å²) in [7, 11) is 1.58. The molecule has 0 unspecified atom stereocenters. The van der Waals surface area contributed by atoms with Gasteiger partial charge in [-0.15, -0.1) is 0 Å². The van der Waals surface area contributed by atoms with Crippen LogP contribution in [0.1, 0.15) is 21.5 Å². The third-order valence-electron chi connectivity index (χ3n) is 3.78. The molecular formula is C18H18ClNO4. The zero-order valence-corrected chi connectivity index (χ0v) is 14.3. The van der Waals surface area contributed by atoms with Gasteiger partial charge >= 0.3 is 0 Å². The van der Waals surface area contributed by atoms with E-state index in [1.54, 1.807) is 25.3 Å². The average Bonchev–Trinajstić information content (AvgIpc) is 2.60. The summed E-state index contributed by atoms with van der Waals surface area (Å²) in [6.07, 6.45) is 0. The smallest absolute Gasteiger partial charge is 0.251 e. The first-order valence-electron chi connectivity index (χ1n) is 7.59. The van der Waals surface area contributed by atoms with Crippen LogP contribution in [-0.4, -0.2) is 26.2 Å². The molecule has 0 aliphatic carbocycles. The Hall–Kier alpha value is -2.40. The van der Waals surface area contributed by atoms with E-state index in [4.69, 9.17) is 25.8 Å². The molecule has 1 aliphatic heterocycles. The molecule has 126 valence electrons. The number of rotatable bonds is 4. The van der Waals surface area contributed by atoms with Crippen molar-refractivity contribution in [2.24, 2.45) is 0 Å². The van der Waals surface area contributed by atoms with Crippen molar-refractivity contribution in [2.45, 2.75) is 13.5 Å². The predicted octanol–water partition coefficient (Wildman–Crippen LogP) is 3.36. The largest absolute Gasteiger partial charge is 0.496 e. The molecule has 0 aromatic heterocycles. The third-order valence-corrected chi connectivity index (χ3v) is 4.06. The molecule has 1 amide bonds. The lowest BCUT2D eigenvalue weighted by Gasteiger charge is -2.20. The molecule has 0 spiro atoms. The van der Waals surface area contributed by atoms with E-state index in [1.807, 2.05) is 19.1 Å². The molecule has 1 heterocycles. The van der Waals surface area contributed by atoms with E-state index >= 15 is 0 Å². The third kappa shape index (κ3) is 3.41. The first-order valence-corrected chi connectivity index (χ1v) is 7.97. The van der Waals surface area contributed by atoms with E-state index in [-0.39, 0.29) is 5.91 Å². The Kier molecular flexibility index (Phi) is 4.81. The van der Waals surface area contributed by atoms with Crippen LogP contribution in [0.15, 0.2) is 30.3 Å². The number of carbonyl (C=O) groups excluding carboxylic acids is 1. The maximum absolute atomic E-state index is 12.3. The molecule has 5 nitrogen and oxygen atoms in total. The normalized spacial score (nSPS) is 12.6. The lowest BCUT2D eigenvalue weighted by Crippen LogP contribution is -2.23. The molecule has 0 fully saturated rings. The van der Waals surface area contributed by atoms with E-state index in [1.165, 1.54) is 0 Å². The number of carbonyl (C=O) groups is 1. The van der Waals surface area contributed by atoms with Crippen molar-refractivity contribution < 1.29 is 19.0 Å². The standard InChI is InChI=1S/C18H18ClNO4/c1-11-3-4-13(9-15(11)22-2)18(21)20-10-12-7-14(19)17-16(8-12)23-5-6-24-17/h3-4,7-9H,5-6,10H2,1-2H3,(H,20,21). The lowest BCUT2D eigenvalue weighted by molar-refractivity contribution is 0.0950. The highest BCUT2D eigenvalue weighted by Crippen LogP contribution is 2.38. The molecule has 2 aromatic rings. The molecule has 0 saturated carbocycles. The highest BCUT2D eigenvalue weighted by atomic mass is 35.5. The number of fused-ring (bicyclic) bond motifs is 1. The van der Waals surface area contributed by atoms with Crippen molar-refractivity contribution in [3.63, 3.8) is 0 Å². The molecule has 3 rings (SSSR count). The minimum atomic E-state index is -0.181. The highest BCUT2D eigenvalue weighted by Gasteiger charge is 2.17. The summed E-state index contributed by atoms with van der Waals surface area (Å²) in [6.45, 7) is 3.24. The Bertz CT molecular complexity index is 776. The summed E-state index contributed by atoms with van der Waals surface area (Å²) >= 11 is 6.20. The Morgan fingerprint density at radius 2 is 2.04 bits per heavy atom. The van der Waals surface area contributed by atoms with Crippen LogP contribution in [0.4, 0.5) is 0 Å². The van der Waals surface area contributed by atoms with Crippen LogP contribution in [-0.2, 0) is 6.54 Å². The number of nitrogens with one attached hydrogen (secondary N) is 1. The molecule has 6 heteroatoms. The fraction of sp³-hybridized carbons (Fsp3) is 0.278. The van der Waals surface area contributed by atoms with Crippen LogP contribution >= 0.6 is 11.6 Å². The van der Waals surface area contributed by atoms with Crippen LogP contribution in [0.3, 0.4) is 0 Å². The van der Waals surface area contributed by atoms with Gasteiger partial charge in [0.1, 0.15) is 19.0 Å². The number of amides is 1. The van der Waals surface area contributed by atoms with Gasteiger partial charge in [0.25, 0.3) is 5.91 Å². The monoisotopic (exact) mass is 347 g/mol. The van der Waals surface area contributed by atoms with E-state index in [0.717, 1.165) is 11.1 Å². The topological polar surface area (TPSA) is 56.8 Å². The van der Waals surface area contributed by atoms with Gasteiger partial charge in [-0.25, -0.2) is 0 Å². The number of halogens is 1. The van der Waals surface area contributed by atoms with Gasteiger partial charge in [0.05, 0.1) is 12.1 Å². The van der Waals surface area contributed by atoms with Gasteiger partial charge in [0.2, 0.25) is 0 Å². The number of hydrogen-bond donors (Lipinski definition) is 1. The van der Waals surface area contributed by atoms with Crippen LogP contribution in [0.25, 0.3) is 0 Å². The van der Waals surface area contributed by atoms with Gasteiger partial charge in [0.15, 0.2) is 11.5 Å². The van der Waals surface area contributed by atoms with E-state index in [2.05, 4.69) is 5.32 Å². The van der Waals surface area contributed by atoms with Gasteiger partial charge in [-0.05, 0) is 42.3 Å². The van der Waals surface area contributed by atoms with Gasteiger partial charge in [-0.2, -0.15) is 0 Å². The first-order chi connectivity index (χ1) is 11.6. The second kappa shape index (κ2) is 7.01.